The molecule has 0 aliphatic carbocycles. The predicted molar refractivity (Wildman–Crippen MR) is 67.2 cm³/mol. The first-order chi connectivity index (χ1) is 8.17. The second kappa shape index (κ2) is 4.85. The van der Waals surface area contributed by atoms with E-state index in [1.54, 1.807) is 0 Å². The Balaban J connectivity index is 2.41. The van der Waals surface area contributed by atoms with Gasteiger partial charge in [-0.15, -0.1) is 11.3 Å². The molecule has 0 saturated carbocycles. The Morgan fingerprint density at radius 3 is 3.00 bits per heavy atom. The zero-order chi connectivity index (χ0) is 12.4. The summed E-state index contributed by atoms with van der Waals surface area (Å²) in [6.45, 7) is 4.86. The molecule has 0 unspecified atom stereocenters. The molecule has 2 amide bonds. The molecule has 0 aromatic carbocycles. The Bertz CT molecular complexity index is 456. The Morgan fingerprint density at radius 2 is 2.41 bits per heavy atom. The minimum Gasteiger partial charge on any atom is -0.365 e. The molecule has 1 aromatic rings. The lowest BCUT2D eigenvalue weighted by Gasteiger charge is -2.25. The number of nitrogens with one attached hydrogen (secondary N) is 1. The first kappa shape index (κ1) is 12.1. The van der Waals surface area contributed by atoms with E-state index in [9.17, 15) is 9.59 Å². The minimum atomic E-state index is -0.461. The molecule has 2 rings (SSSR count). The lowest BCUT2D eigenvalue weighted by atomic mass is 10.0. The van der Waals surface area contributed by atoms with Crippen LogP contribution in [0.3, 0.4) is 0 Å². The Hall–Kier alpha value is -1.40. The Morgan fingerprint density at radius 1 is 1.65 bits per heavy atom. The molecule has 6 heteroatoms. The summed E-state index contributed by atoms with van der Waals surface area (Å²) in [6, 6.07) is 0. The van der Waals surface area contributed by atoms with Gasteiger partial charge >= 0.3 is 0 Å². The fourth-order valence-corrected chi connectivity index (χ4v) is 3.40. The molecular formula is C11H15N3O2S. The lowest BCUT2D eigenvalue weighted by molar-refractivity contribution is -0.105. The number of rotatable bonds is 4. The topological polar surface area (TPSA) is 75.4 Å². The molecule has 1 aliphatic rings. The maximum atomic E-state index is 11.4. The SMILES string of the molecule is CCN1CCc2c(sc(NC=O)c2C(N)=O)C1. The molecule has 0 saturated heterocycles. The molecule has 92 valence electrons. The van der Waals surface area contributed by atoms with E-state index < -0.39 is 5.91 Å². The summed E-state index contributed by atoms with van der Waals surface area (Å²) >= 11 is 1.45. The fraction of sp³-hybridized carbons (Fsp3) is 0.455. The highest BCUT2D eigenvalue weighted by Crippen LogP contribution is 2.36. The number of likely N-dealkylation sites (N-methyl/N-ethyl adjacent to an activating group) is 1. The van der Waals surface area contributed by atoms with Gasteiger partial charge in [0.25, 0.3) is 5.91 Å². The monoisotopic (exact) mass is 253 g/mol. The van der Waals surface area contributed by atoms with Crippen molar-refractivity contribution in [2.75, 3.05) is 18.4 Å². The zero-order valence-electron chi connectivity index (χ0n) is 9.66. The largest absolute Gasteiger partial charge is 0.365 e. The van der Waals surface area contributed by atoms with Gasteiger partial charge in [0, 0.05) is 18.0 Å². The van der Waals surface area contributed by atoms with E-state index >= 15 is 0 Å². The lowest BCUT2D eigenvalue weighted by Crippen LogP contribution is -2.30. The van der Waals surface area contributed by atoms with Gasteiger partial charge < -0.3 is 11.1 Å². The molecule has 0 radical (unpaired) electrons. The average Bonchev–Trinajstić information content (AvgIpc) is 2.66. The molecular weight excluding hydrogens is 238 g/mol. The second-order valence-corrected chi connectivity index (χ2v) is 5.06. The molecule has 1 aromatic heterocycles. The van der Waals surface area contributed by atoms with Crippen molar-refractivity contribution in [3.63, 3.8) is 0 Å². The molecule has 5 nitrogen and oxygen atoms in total. The van der Waals surface area contributed by atoms with Gasteiger partial charge in [-0.3, -0.25) is 14.5 Å². The van der Waals surface area contributed by atoms with Crippen LogP contribution in [-0.2, 0) is 17.8 Å². The number of thiophene rings is 1. The summed E-state index contributed by atoms with van der Waals surface area (Å²) in [4.78, 5) is 25.4. The third-order valence-electron chi connectivity index (χ3n) is 3.02. The van der Waals surface area contributed by atoms with Crippen LogP contribution in [-0.4, -0.2) is 30.3 Å². The van der Waals surface area contributed by atoms with Crippen LogP contribution < -0.4 is 11.1 Å². The summed E-state index contributed by atoms with van der Waals surface area (Å²) < 4.78 is 0. The van der Waals surface area contributed by atoms with E-state index in [1.165, 1.54) is 11.3 Å². The normalized spacial score (nSPS) is 15.4. The van der Waals surface area contributed by atoms with Gasteiger partial charge in [-0.2, -0.15) is 0 Å². The van der Waals surface area contributed by atoms with Crippen molar-refractivity contribution in [3.05, 3.63) is 16.0 Å². The smallest absolute Gasteiger partial charge is 0.251 e. The van der Waals surface area contributed by atoms with Gasteiger partial charge in [-0.25, -0.2) is 0 Å². The number of fused-ring (bicyclic) bond motifs is 1. The molecule has 1 aliphatic heterocycles. The minimum absolute atomic E-state index is 0.461. The maximum absolute atomic E-state index is 11.4. The number of hydrogen-bond donors (Lipinski definition) is 2. The third kappa shape index (κ3) is 2.18. The predicted octanol–water partition coefficient (Wildman–Crippen LogP) is 0.793. The van der Waals surface area contributed by atoms with Crippen molar-refractivity contribution in [2.45, 2.75) is 19.9 Å². The van der Waals surface area contributed by atoms with Crippen molar-refractivity contribution in [1.82, 2.24) is 4.90 Å². The van der Waals surface area contributed by atoms with Gasteiger partial charge in [0.2, 0.25) is 6.41 Å². The van der Waals surface area contributed by atoms with Crippen molar-refractivity contribution in [3.8, 4) is 0 Å². The number of amides is 2. The van der Waals surface area contributed by atoms with Gasteiger partial charge in [0.1, 0.15) is 5.00 Å². The number of carbonyl (C=O) groups is 2. The summed E-state index contributed by atoms with van der Waals surface area (Å²) in [5.74, 6) is -0.461. The molecule has 2 heterocycles. The number of primary amides is 1. The van der Waals surface area contributed by atoms with E-state index in [-0.39, 0.29) is 0 Å². The highest BCUT2D eigenvalue weighted by molar-refractivity contribution is 7.16. The Kier molecular flexibility index (Phi) is 3.44. The molecule has 3 N–H and O–H groups in total. The first-order valence-electron chi connectivity index (χ1n) is 5.54. The number of nitrogens with zero attached hydrogens (tertiary/aromatic N) is 1. The summed E-state index contributed by atoms with van der Waals surface area (Å²) in [7, 11) is 0. The molecule has 0 atom stereocenters. The van der Waals surface area contributed by atoms with Gasteiger partial charge in [0.05, 0.1) is 5.56 Å². The van der Waals surface area contributed by atoms with Crippen molar-refractivity contribution in [1.29, 1.82) is 0 Å². The highest BCUT2D eigenvalue weighted by atomic mass is 32.1. The van der Waals surface area contributed by atoms with Crippen LogP contribution in [0, 0.1) is 0 Å². The standard InChI is InChI=1S/C11H15N3O2S/c1-2-14-4-3-7-8(5-14)17-11(13-6-15)9(7)10(12)16/h6H,2-5H2,1H3,(H2,12,16)(H,13,15). The Labute approximate surface area is 104 Å². The van der Waals surface area contributed by atoms with E-state index in [2.05, 4.69) is 17.1 Å². The van der Waals surface area contributed by atoms with Crippen LogP contribution in [0.5, 0.6) is 0 Å². The second-order valence-electron chi connectivity index (χ2n) is 3.95. The highest BCUT2D eigenvalue weighted by Gasteiger charge is 2.26. The van der Waals surface area contributed by atoms with Crippen molar-refractivity contribution < 1.29 is 9.59 Å². The fourth-order valence-electron chi connectivity index (χ4n) is 2.14. The molecule has 0 fully saturated rings. The van der Waals surface area contributed by atoms with Crippen LogP contribution in [0.4, 0.5) is 5.00 Å². The summed E-state index contributed by atoms with van der Waals surface area (Å²) in [6.07, 6.45) is 1.40. The molecule has 0 bridgehead atoms. The number of carbonyl (C=O) groups excluding carboxylic acids is 2. The number of nitrogens with two attached hydrogens (primary N) is 1. The van der Waals surface area contributed by atoms with Gasteiger partial charge in [-0.05, 0) is 18.5 Å². The van der Waals surface area contributed by atoms with E-state index in [0.717, 1.165) is 36.5 Å². The summed E-state index contributed by atoms with van der Waals surface area (Å²) in [5.41, 5.74) is 6.88. The van der Waals surface area contributed by atoms with E-state index in [0.29, 0.717) is 17.0 Å². The molecule has 0 spiro atoms. The van der Waals surface area contributed by atoms with Gasteiger partial charge in [-0.1, -0.05) is 6.92 Å². The first-order valence-corrected chi connectivity index (χ1v) is 6.35. The summed E-state index contributed by atoms with van der Waals surface area (Å²) in [5, 5.41) is 3.15. The number of anilines is 1. The zero-order valence-corrected chi connectivity index (χ0v) is 10.5. The molecule has 17 heavy (non-hydrogen) atoms. The van der Waals surface area contributed by atoms with Crippen LogP contribution in [0.15, 0.2) is 0 Å². The number of hydrogen-bond acceptors (Lipinski definition) is 4. The maximum Gasteiger partial charge on any atom is 0.251 e. The average molecular weight is 253 g/mol. The van der Waals surface area contributed by atoms with Crippen LogP contribution >= 0.6 is 11.3 Å². The van der Waals surface area contributed by atoms with Crippen LogP contribution in [0.2, 0.25) is 0 Å². The van der Waals surface area contributed by atoms with Crippen LogP contribution in [0.1, 0.15) is 27.7 Å². The third-order valence-corrected chi connectivity index (χ3v) is 4.17. The van der Waals surface area contributed by atoms with Crippen molar-refractivity contribution in [2.24, 2.45) is 5.73 Å². The van der Waals surface area contributed by atoms with Crippen LogP contribution in [0.25, 0.3) is 0 Å². The van der Waals surface area contributed by atoms with E-state index in [1.807, 2.05) is 0 Å². The van der Waals surface area contributed by atoms with Gasteiger partial charge in [0.15, 0.2) is 0 Å². The van der Waals surface area contributed by atoms with E-state index in [4.69, 9.17) is 5.73 Å². The van der Waals surface area contributed by atoms with Crippen molar-refractivity contribution >= 4 is 28.7 Å². The quantitative estimate of drug-likeness (QED) is 0.779.